The zero-order valence-electron chi connectivity index (χ0n) is 13.2. The van der Waals surface area contributed by atoms with Gasteiger partial charge in [-0.15, -0.1) is 0 Å². The number of nitrogens with zero attached hydrogens (tertiary/aromatic N) is 3. The molecule has 0 saturated carbocycles. The van der Waals surface area contributed by atoms with Crippen LogP contribution in [0.2, 0.25) is 0 Å². The Kier molecular flexibility index (Phi) is 4.37. The van der Waals surface area contributed by atoms with Crippen LogP contribution in [-0.4, -0.2) is 74.1 Å². The lowest BCUT2D eigenvalue weighted by atomic mass is 10.1. The minimum Gasteiger partial charge on any atom is -0.507 e. The highest BCUT2D eigenvalue weighted by Gasteiger charge is 2.29. The summed E-state index contributed by atoms with van der Waals surface area (Å²) in [6.45, 7) is 2.80. The Bertz CT molecular complexity index is 684. The third kappa shape index (κ3) is 3.23. The Morgan fingerprint density at radius 3 is 2.35 bits per heavy atom. The lowest BCUT2D eigenvalue weighted by Gasteiger charge is -2.35. The maximum atomic E-state index is 12.1. The van der Waals surface area contributed by atoms with E-state index in [0.717, 1.165) is 5.56 Å². The highest BCUT2D eigenvalue weighted by Crippen LogP contribution is 2.38. The number of piperazine rings is 1. The molecule has 9 heteroatoms. The van der Waals surface area contributed by atoms with Crippen molar-refractivity contribution in [2.24, 2.45) is 0 Å². The number of hydrogen-bond acceptors (Lipinski definition) is 6. The van der Waals surface area contributed by atoms with Crippen LogP contribution in [0, 0.1) is 0 Å². The van der Waals surface area contributed by atoms with Crippen molar-refractivity contribution in [1.29, 1.82) is 0 Å². The topological polar surface area (TPSA) is 82.6 Å². The van der Waals surface area contributed by atoms with Gasteiger partial charge in [-0.25, -0.2) is 0 Å². The van der Waals surface area contributed by atoms with Crippen LogP contribution in [0.25, 0.3) is 0 Å². The molecule has 0 spiro atoms. The number of phenols is 1. The van der Waals surface area contributed by atoms with Gasteiger partial charge in [0.1, 0.15) is 5.75 Å². The average Bonchev–Trinajstić information content (AvgIpc) is 2.95. The summed E-state index contributed by atoms with van der Waals surface area (Å²) in [6, 6.07) is 3.34. The molecule has 2 aliphatic rings. The van der Waals surface area contributed by atoms with Crippen molar-refractivity contribution in [2.45, 2.75) is 6.54 Å². The first-order chi connectivity index (χ1) is 10.9. The Labute approximate surface area is 136 Å². The molecule has 1 N–H and O–H groups in total. The fourth-order valence-corrected chi connectivity index (χ4v) is 3.78. The molecule has 1 aromatic rings. The fraction of sp³-hybridized carbons (Fsp3) is 0.571. The molecule has 2 aliphatic heterocycles. The van der Waals surface area contributed by atoms with E-state index in [9.17, 15) is 13.5 Å². The third-order valence-electron chi connectivity index (χ3n) is 4.09. The molecule has 8 nitrogen and oxygen atoms in total. The largest absolute Gasteiger partial charge is 0.507 e. The minimum absolute atomic E-state index is 0.164. The molecule has 1 saturated heterocycles. The quantitative estimate of drug-likeness (QED) is 0.832. The molecule has 0 radical (unpaired) electrons. The molecular formula is C14H21N3O5S. The molecule has 128 valence electrons. The molecule has 0 atom stereocenters. The molecule has 0 aliphatic carbocycles. The molecule has 1 aromatic carbocycles. The van der Waals surface area contributed by atoms with Crippen LogP contribution >= 0.6 is 0 Å². The van der Waals surface area contributed by atoms with E-state index in [1.807, 2.05) is 0 Å². The Balaban J connectivity index is 1.64. The summed E-state index contributed by atoms with van der Waals surface area (Å²) < 4.78 is 37.4. The second-order valence-electron chi connectivity index (χ2n) is 5.80. The zero-order chi connectivity index (χ0) is 16.6. The van der Waals surface area contributed by atoms with Gasteiger partial charge in [-0.1, -0.05) is 0 Å². The van der Waals surface area contributed by atoms with E-state index in [-0.39, 0.29) is 12.5 Å². The van der Waals surface area contributed by atoms with Gasteiger partial charge in [0.2, 0.25) is 6.79 Å². The molecule has 0 bridgehead atoms. The van der Waals surface area contributed by atoms with Crippen LogP contribution in [0.3, 0.4) is 0 Å². The predicted molar refractivity (Wildman–Crippen MR) is 83.7 cm³/mol. The molecule has 1 fully saturated rings. The summed E-state index contributed by atoms with van der Waals surface area (Å²) >= 11 is 0. The van der Waals surface area contributed by atoms with Crippen LogP contribution in [-0.2, 0) is 16.8 Å². The Hall–Kier alpha value is -1.55. The number of hydrogen-bond donors (Lipinski definition) is 1. The van der Waals surface area contributed by atoms with Crippen LogP contribution in [0.1, 0.15) is 5.56 Å². The van der Waals surface area contributed by atoms with Gasteiger partial charge in [0.25, 0.3) is 10.2 Å². The number of rotatable bonds is 4. The van der Waals surface area contributed by atoms with Crippen molar-refractivity contribution in [3.05, 3.63) is 17.7 Å². The predicted octanol–water partition coefficient (Wildman–Crippen LogP) is 0.0449. The van der Waals surface area contributed by atoms with Crippen LogP contribution < -0.4 is 9.47 Å². The fourth-order valence-electron chi connectivity index (χ4n) is 2.69. The summed E-state index contributed by atoms with van der Waals surface area (Å²) in [4.78, 5) is 2.11. The van der Waals surface area contributed by atoms with Crippen LogP contribution in [0.15, 0.2) is 12.1 Å². The lowest BCUT2D eigenvalue weighted by molar-refractivity contribution is 0.173. The van der Waals surface area contributed by atoms with Crippen LogP contribution in [0.4, 0.5) is 0 Å². The SMILES string of the molecule is CN(C)S(=O)(=O)N1CCN(Cc2cc3c(cc2O)OCO3)CC1. The summed E-state index contributed by atoms with van der Waals surface area (Å²) in [5.41, 5.74) is 0.748. The summed E-state index contributed by atoms with van der Waals surface area (Å²) in [5.74, 6) is 1.34. The minimum atomic E-state index is -3.36. The number of benzene rings is 1. The van der Waals surface area contributed by atoms with Gasteiger partial charge in [-0.3, -0.25) is 4.90 Å². The highest BCUT2D eigenvalue weighted by atomic mass is 32.2. The summed E-state index contributed by atoms with van der Waals surface area (Å²) in [6.07, 6.45) is 0. The van der Waals surface area contributed by atoms with E-state index < -0.39 is 10.2 Å². The Morgan fingerprint density at radius 1 is 1.13 bits per heavy atom. The first-order valence-corrected chi connectivity index (χ1v) is 8.79. The number of aromatic hydroxyl groups is 1. The normalized spacial score (nSPS) is 19.4. The van der Waals surface area contributed by atoms with Gasteiger partial charge in [0.05, 0.1) is 0 Å². The summed E-state index contributed by atoms with van der Waals surface area (Å²) in [5, 5.41) is 10.1. The molecule has 23 heavy (non-hydrogen) atoms. The van der Waals surface area contributed by atoms with E-state index in [2.05, 4.69) is 4.90 Å². The van der Waals surface area contributed by atoms with Crippen molar-refractivity contribution in [3.63, 3.8) is 0 Å². The number of ether oxygens (including phenoxy) is 2. The third-order valence-corrected chi connectivity index (χ3v) is 6.03. The van der Waals surface area contributed by atoms with E-state index in [4.69, 9.17) is 9.47 Å². The average molecular weight is 343 g/mol. The second-order valence-corrected chi connectivity index (χ2v) is 7.94. The van der Waals surface area contributed by atoms with E-state index in [1.165, 1.54) is 22.7 Å². The molecular weight excluding hydrogens is 322 g/mol. The van der Waals surface area contributed by atoms with Gasteiger partial charge in [0, 0.05) is 58.4 Å². The van der Waals surface area contributed by atoms with Gasteiger partial charge >= 0.3 is 0 Å². The van der Waals surface area contributed by atoms with Crippen LogP contribution in [0.5, 0.6) is 17.2 Å². The highest BCUT2D eigenvalue weighted by molar-refractivity contribution is 7.86. The number of phenolic OH excluding ortho intramolecular Hbond substituents is 1. The molecule has 0 aromatic heterocycles. The maximum absolute atomic E-state index is 12.1. The van der Waals surface area contributed by atoms with Gasteiger partial charge in [-0.2, -0.15) is 17.0 Å². The van der Waals surface area contributed by atoms with Crippen molar-refractivity contribution < 1.29 is 23.0 Å². The smallest absolute Gasteiger partial charge is 0.281 e. The maximum Gasteiger partial charge on any atom is 0.281 e. The van der Waals surface area contributed by atoms with E-state index in [1.54, 1.807) is 12.1 Å². The first-order valence-electron chi connectivity index (χ1n) is 7.39. The molecule has 0 amide bonds. The molecule has 0 unspecified atom stereocenters. The van der Waals surface area contributed by atoms with E-state index >= 15 is 0 Å². The Morgan fingerprint density at radius 2 is 1.74 bits per heavy atom. The second kappa shape index (κ2) is 6.16. The van der Waals surface area contributed by atoms with Crippen molar-refractivity contribution in [1.82, 2.24) is 13.5 Å². The summed E-state index contributed by atoms with van der Waals surface area (Å²) in [7, 11) is -0.290. The van der Waals surface area contributed by atoms with Crippen molar-refractivity contribution in [3.8, 4) is 17.2 Å². The van der Waals surface area contributed by atoms with Crippen molar-refractivity contribution in [2.75, 3.05) is 47.1 Å². The number of fused-ring (bicyclic) bond motifs is 1. The zero-order valence-corrected chi connectivity index (χ0v) is 14.0. The van der Waals surface area contributed by atoms with E-state index in [0.29, 0.717) is 44.2 Å². The van der Waals surface area contributed by atoms with Gasteiger partial charge < -0.3 is 14.6 Å². The van der Waals surface area contributed by atoms with Gasteiger partial charge in [-0.05, 0) is 6.07 Å². The molecule has 2 heterocycles. The lowest BCUT2D eigenvalue weighted by Crippen LogP contribution is -2.51. The van der Waals surface area contributed by atoms with Crippen molar-refractivity contribution >= 4 is 10.2 Å². The molecule has 3 rings (SSSR count). The van der Waals surface area contributed by atoms with Gasteiger partial charge in [0.15, 0.2) is 11.5 Å². The first kappa shape index (κ1) is 16.3. The standard InChI is InChI=1S/C14H21N3O5S/c1-15(2)23(19,20)17-5-3-16(4-6-17)9-11-7-13-14(8-12(11)18)22-10-21-13/h7-8,18H,3-6,9-10H2,1-2H3. The monoisotopic (exact) mass is 343 g/mol.